The predicted octanol–water partition coefficient (Wildman–Crippen LogP) is 0.735. The van der Waals surface area contributed by atoms with Crippen LogP contribution in [0.25, 0.3) is 0 Å². The fourth-order valence-electron chi connectivity index (χ4n) is 1.14. The van der Waals surface area contributed by atoms with Crippen LogP contribution in [0.1, 0.15) is 0 Å². The van der Waals surface area contributed by atoms with Crippen LogP contribution in [0.4, 0.5) is 8.78 Å². The molecule has 0 aromatic rings. The van der Waals surface area contributed by atoms with Gasteiger partial charge in [-0.25, -0.2) is 0 Å². The topological polar surface area (TPSA) is 44.5 Å². The Labute approximate surface area is 67.4 Å². The molecule has 0 spiro atoms. The van der Waals surface area contributed by atoms with E-state index in [0.29, 0.717) is 0 Å². The van der Waals surface area contributed by atoms with Crippen LogP contribution in [-0.2, 0) is 9.47 Å². The van der Waals surface area contributed by atoms with Crippen molar-refractivity contribution >= 4 is 0 Å². The maximum absolute atomic E-state index is 13.1. The van der Waals surface area contributed by atoms with Crippen molar-refractivity contribution in [3.8, 4) is 0 Å². The Morgan fingerprint density at radius 3 is 3.00 bits per heavy atom. The maximum atomic E-state index is 13.1. The quantitative estimate of drug-likeness (QED) is 0.590. The second-order valence-electron chi connectivity index (χ2n) is 2.61. The molecule has 0 aromatic heterocycles. The number of rotatable bonds is 0. The average molecular weight is 175 g/mol. The van der Waals surface area contributed by atoms with E-state index in [1.807, 2.05) is 0 Å². The van der Waals surface area contributed by atoms with E-state index >= 15 is 0 Å². The molecule has 0 saturated heterocycles. The van der Waals surface area contributed by atoms with E-state index in [1.54, 1.807) is 0 Å². The largest absolute Gasteiger partial charge is 0.454 e. The number of halogens is 2. The SMILES string of the molecule is NC1C=CC2=C(OCO2)C1(F)F. The molecule has 0 aromatic carbocycles. The van der Waals surface area contributed by atoms with E-state index in [0.717, 1.165) is 0 Å². The number of alkyl halides is 2. The first kappa shape index (κ1) is 7.54. The first-order chi connectivity index (χ1) is 5.62. The van der Waals surface area contributed by atoms with Crippen molar-refractivity contribution in [3.63, 3.8) is 0 Å². The van der Waals surface area contributed by atoms with E-state index < -0.39 is 17.7 Å². The minimum Gasteiger partial charge on any atom is -0.454 e. The monoisotopic (exact) mass is 175 g/mol. The van der Waals surface area contributed by atoms with E-state index in [1.165, 1.54) is 12.2 Å². The molecular formula is C7H7F2NO2. The molecule has 0 bridgehead atoms. The van der Waals surface area contributed by atoms with Gasteiger partial charge >= 0.3 is 5.92 Å². The van der Waals surface area contributed by atoms with Crippen molar-refractivity contribution in [1.29, 1.82) is 0 Å². The zero-order valence-electron chi connectivity index (χ0n) is 6.09. The number of nitrogens with two attached hydrogens (primary N) is 1. The van der Waals surface area contributed by atoms with Crippen LogP contribution in [0.15, 0.2) is 23.7 Å². The zero-order chi connectivity index (χ0) is 8.77. The van der Waals surface area contributed by atoms with Gasteiger partial charge in [-0.1, -0.05) is 6.08 Å². The standard InChI is InChI=1S/C7H7F2NO2/c8-7(9)5(10)2-1-4-6(7)12-3-11-4/h1-2,5H,3,10H2. The average Bonchev–Trinajstić information content (AvgIpc) is 2.46. The summed E-state index contributed by atoms with van der Waals surface area (Å²) in [5, 5.41) is 0. The van der Waals surface area contributed by atoms with Gasteiger partial charge in [0.1, 0.15) is 0 Å². The molecule has 1 aliphatic carbocycles. The molecule has 2 aliphatic rings. The van der Waals surface area contributed by atoms with E-state index in [-0.39, 0.29) is 12.6 Å². The Bertz CT molecular complexity index is 273. The van der Waals surface area contributed by atoms with Gasteiger partial charge in [0.05, 0.1) is 6.04 Å². The molecule has 5 heteroatoms. The lowest BCUT2D eigenvalue weighted by atomic mass is 10.0. The smallest absolute Gasteiger partial charge is 0.326 e. The van der Waals surface area contributed by atoms with Gasteiger partial charge in [0, 0.05) is 0 Å². The summed E-state index contributed by atoms with van der Waals surface area (Å²) in [5.41, 5.74) is 5.16. The van der Waals surface area contributed by atoms with Crippen molar-refractivity contribution in [2.24, 2.45) is 5.73 Å². The molecule has 2 N–H and O–H groups in total. The summed E-state index contributed by atoms with van der Waals surface area (Å²) in [6.45, 7) is -0.155. The second-order valence-corrected chi connectivity index (χ2v) is 2.61. The molecule has 1 heterocycles. The Kier molecular flexibility index (Phi) is 1.38. The Balaban J connectivity index is 2.41. The van der Waals surface area contributed by atoms with Crippen molar-refractivity contribution in [2.45, 2.75) is 12.0 Å². The minimum absolute atomic E-state index is 0.0849. The highest BCUT2D eigenvalue weighted by atomic mass is 19.3. The van der Waals surface area contributed by atoms with Crippen LogP contribution in [0.5, 0.6) is 0 Å². The van der Waals surface area contributed by atoms with Crippen molar-refractivity contribution < 1.29 is 18.3 Å². The van der Waals surface area contributed by atoms with Gasteiger partial charge in [-0.15, -0.1) is 0 Å². The van der Waals surface area contributed by atoms with Gasteiger partial charge in [-0.2, -0.15) is 8.78 Å². The molecule has 1 atom stereocenters. The molecule has 3 nitrogen and oxygen atoms in total. The Morgan fingerprint density at radius 1 is 1.50 bits per heavy atom. The third-order valence-electron chi connectivity index (χ3n) is 1.82. The third-order valence-corrected chi connectivity index (χ3v) is 1.82. The first-order valence-electron chi connectivity index (χ1n) is 3.44. The third kappa shape index (κ3) is 0.828. The summed E-state index contributed by atoms with van der Waals surface area (Å²) >= 11 is 0. The van der Waals surface area contributed by atoms with Crippen LogP contribution in [0.3, 0.4) is 0 Å². The lowest BCUT2D eigenvalue weighted by Gasteiger charge is -2.23. The summed E-state index contributed by atoms with van der Waals surface area (Å²) < 4.78 is 35.6. The lowest BCUT2D eigenvalue weighted by Crippen LogP contribution is -2.42. The van der Waals surface area contributed by atoms with E-state index in [2.05, 4.69) is 4.74 Å². The van der Waals surface area contributed by atoms with Gasteiger partial charge in [0.15, 0.2) is 5.76 Å². The van der Waals surface area contributed by atoms with Gasteiger partial charge < -0.3 is 15.2 Å². The Morgan fingerprint density at radius 2 is 2.25 bits per heavy atom. The molecule has 0 saturated carbocycles. The normalized spacial score (nSPS) is 31.1. The van der Waals surface area contributed by atoms with Crippen molar-refractivity contribution in [1.82, 2.24) is 0 Å². The van der Waals surface area contributed by atoms with Crippen LogP contribution in [0, 0.1) is 0 Å². The number of allylic oxidation sites excluding steroid dienone is 1. The van der Waals surface area contributed by atoms with Gasteiger partial charge in [0.25, 0.3) is 0 Å². The first-order valence-corrected chi connectivity index (χ1v) is 3.44. The fourth-order valence-corrected chi connectivity index (χ4v) is 1.14. The second kappa shape index (κ2) is 2.20. The summed E-state index contributed by atoms with van der Waals surface area (Å²) in [5.74, 6) is -3.50. The fraction of sp³-hybridized carbons (Fsp3) is 0.429. The number of hydrogen-bond acceptors (Lipinski definition) is 3. The lowest BCUT2D eigenvalue weighted by molar-refractivity contribution is -0.0369. The highest BCUT2D eigenvalue weighted by molar-refractivity contribution is 5.32. The molecular weight excluding hydrogens is 168 g/mol. The van der Waals surface area contributed by atoms with Gasteiger partial charge in [-0.05, 0) is 6.08 Å². The maximum Gasteiger partial charge on any atom is 0.326 e. The summed E-state index contributed by atoms with van der Waals surface area (Å²) in [6, 6.07) is -1.32. The minimum atomic E-state index is -3.14. The predicted molar refractivity (Wildman–Crippen MR) is 36.1 cm³/mol. The van der Waals surface area contributed by atoms with Crippen LogP contribution in [-0.4, -0.2) is 18.8 Å². The van der Waals surface area contributed by atoms with Gasteiger partial charge in [-0.3, -0.25) is 0 Å². The van der Waals surface area contributed by atoms with Crippen molar-refractivity contribution in [2.75, 3.05) is 6.79 Å². The van der Waals surface area contributed by atoms with Crippen LogP contribution < -0.4 is 5.73 Å². The van der Waals surface area contributed by atoms with Crippen LogP contribution >= 0.6 is 0 Å². The molecule has 2 rings (SSSR count). The van der Waals surface area contributed by atoms with Crippen molar-refractivity contribution in [3.05, 3.63) is 23.7 Å². The molecule has 1 unspecified atom stereocenters. The molecule has 0 amide bonds. The van der Waals surface area contributed by atoms with E-state index in [4.69, 9.17) is 10.5 Å². The highest BCUT2D eigenvalue weighted by Crippen LogP contribution is 2.37. The van der Waals surface area contributed by atoms with Gasteiger partial charge in [0.2, 0.25) is 12.6 Å². The number of hydrogen-bond donors (Lipinski definition) is 1. The highest BCUT2D eigenvalue weighted by Gasteiger charge is 2.48. The van der Waals surface area contributed by atoms with E-state index in [9.17, 15) is 8.78 Å². The number of ether oxygens (including phenoxy) is 2. The molecule has 12 heavy (non-hydrogen) atoms. The summed E-state index contributed by atoms with van der Waals surface area (Å²) in [4.78, 5) is 0. The Hall–Kier alpha value is -1.10. The summed E-state index contributed by atoms with van der Waals surface area (Å²) in [6.07, 6.45) is 2.61. The zero-order valence-corrected chi connectivity index (χ0v) is 6.09. The molecule has 0 radical (unpaired) electrons. The molecule has 0 fully saturated rings. The van der Waals surface area contributed by atoms with Crippen LogP contribution in [0.2, 0.25) is 0 Å². The molecule has 1 aliphatic heterocycles. The summed E-state index contributed by atoms with van der Waals surface area (Å²) in [7, 11) is 0. The molecule has 66 valence electrons.